The van der Waals surface area contributed by atoms with Crippen molar-refractivity contribution in [3.63, 3.8) is 0 Å². The van der Waals surface area contributed by atoms with Gasteiger partial charge in [0.25, 0.3) is 0 Å². The van der Waals surface area contributed by atoms with Crippen molar-refractivity contribution in [3.05, 3.63) is 41.7 Å². The summed E-state index contributed by atoms with van der Waals surface area (Å²) in [7, 11) is 0. The van der Waals surface area contributed by atoms with E-state index in [0.29, 0.717) is 19.4 Å². The molecule has 3 saturated heterocycles. The minimum Gasteiger partial charge on any atom is -0.497 e. The molecular formula is C26H32N2O9. The number of anilines is 1. The first-order chi connectivity index (χ1) is 17.8. The molecule has 5 heterocycles. The molecule has 1 aromatic carbocycles. The van der Waals surface area contributed by atoms with Crippen molar-refractivity contribution >= 4 is 17.6 Å². The average molecular weight is 517 g/mol. The third-order valence-corrected chi connectivity index (χ3v) is 9.02. The normalized spacial score (nSPS) is 42.8. The number of aliphatic hydroxyl groups excluding tert-OH is 4. The van der Waals surface area contributed by atoms with Crippen molar-refractivity contribution in [2.45, 2.75) is 68.0 Å². The van der Waals surface area contributed by atoms with Gasteiger partial charge in [0.05, 0.1) is 30.0 Å². The second kappa shape index (κ2) is 9.04. The van der Waals surface area contributed by atoms with Gasteiger partial charge in [-0.2, -0.15) is 0 Å². The van der Waals surface area contributed by atoms with Gasteiger partial charge in [-0.25, -0.2) is 4.79 Å². The van der Waals surface area contributed by atoms with Crippen molar-refractivity contribution in [2.75, 3.05) is 25.0 Å². The summed E-state index contributed by atoms with van der Waals surface area (Å²) in [5, 5.41) is 42.9. The van der Waals surface area contributed by atoms with Gasteiger partial charge in [-0.3, -0.25) is 9.69 Å². The van der Waals surface area contributed by atoms with E-state index in [0.717, 1.165) is 17.8 Å². The van der Waals surface area contributed by atoms with Crippen LogP contribution in [0.25, 0.3) is 0 Å². The summed E-state index contributed by atoms with van der Waals surface area (Å²) in [5.74, 6) is -1.08. The second-order valence-electron chi connectivity index (χ2n) is 10.8. The molecule has 6 rings (SSSR count). The van der Waals surface area contributed by atoms with Gasteiger partial charge in [0.15, 0.2) is 0 Å². The Morgan fingerprint density at radius 3 is 2.78 bits per heavy atom. The Hall–Kier alpha value is -2.54. The number of hydrogen-bond acceptors (Lipinski definition) is 10. The summed E-state index contributed by atoms with van der Waals surface area (Å²) in [6, 6.07) is 7.63. The highest BCUT2D eigenvalue weighted by molar-refractivity contribution is 6.07. The highest BCUT2D eigenvalue weighted by Gasteiger charge is 2.61. The molecule has 0 unspecified atom stereocenters. The lowest BCUT2D eigenvalue weighted by atomic mass is 9.66. The molecule has 5 aliphatic rings. The molecule has 0 aliphatic carbocycles. The molecule has 10 atom stereocenters. The fourth-order valence-electron chi connectivity index (χ4n) is 6.99. The Labute approximate surface area is 213 Å². The van der Waals surface area contributed by atoms with Gasteiger partial charge in [-0.1, -0.05) is 18.2 Å². The third-order valence-electron chi connectivity index (χ3n) is 9.02. The molecule has 1 spiro atoms. The van der Waals surface area contributed by atoms with Crippen LogP contribution in [0.3, 0.4) is 0 Å². The Balaban J connectivity index is 1.26. The minimum atomic E-state index is -1.69. The van der Waals surface area contributed by atoms with E-state index in [1.54, 1.807) is 0 Å². The number of ether oxygens (including phenoxy) is 3. The largest absolute Gasteiger partial charge is 0.497 e. The predicted molar refractivity (Wildman–Crippen MR) is 127 cm³/mol. The molecule has 0 bridgehead atoms. The summed E-state index contributed by atoms with van der Waals surface area (Å²) >= 11 is 0. The van der Waals surface area contributed by atoms with Gasteiger partial charge in [0.1, 0.15) is 24.4 Å². The lowest BCUT2D eigenvalue weighted by Gasteiger charge is -2.48. The first-order valence-electron chi connectivity index (χ1n) is 12.8. The number of carbonyl (C=O) groups is 2. The van der Waals surface area contributed by atoms with Crippen molar-refractivity contribution in [3.8, 4) is 0 Å². The van der Waals surface area contributed by atoms with Gasteiger partial charge < -0.3 is 40.0 Å². The Kier molecular flexibility index (Phi) is 6.05. The molecule has 5 aliphatic heterocycles. The fraction of sp³-hybridized carbons (Fsp3) is 0.615. The van der Waals surface area contributed by atoms with Crippen molar-refractivity contribution in [1.82, 2.24) is 4.90 Å². The van der Waals surface area contributed by atoms with Gasteiger partial charge in [0.2, 0.25) is 12.2 Å². The summed E-state index contributed by atoms with van der Waals surface area (Å²) in [5.41, 5.74) is 1.39. The van der Waals surface area contributed by atoms with E-state index in [-0.39, 0.29) is 35.5 Å². The Morgan fingerprint density at radius 2 is 2.00 bits per heavy atom. The number of nitrogens with zero attached hydrogens (tertiary/aromatic N) is 1. The summed E-state index contributed by atoms with van der Waals surface area (Å²) in [6.45, 7) is 2.74. The maximum absolute atomic E-state index is 13.4. The molecule has 5 N–H and O–H groups in total. The molecule has 11 nitrogen and oxygen atoms in total. The summed E-state index contributed by atoms with van der Waals surface area (Å²) in [6.07, 6.45) is -5.22. The monoisotopic (exact) mass is 516 g/mol. The van der Waals surface area contributed by atoms with Crippen LogP contribution in [0.5, 0.6) is 0 Å². The van der Waals surface area contributed by atoms with Crippen LogP contribution >= 0.6 is 0 Å². The lowest BCUT2D eigenvalue weighted by Crippen LogP contribution is -2.60. The molecule has 0 radical (unpaired) electrons. The fourth-order valence-corrected chi connectivity index (χ4v) is 6.99. The molecule has 37 heavy (non-hydrogen) atoms. The van der Waals surface area contributed by atoms with Crippen LogP contribution in [0.15, 0.2) is 36.1 Å². The zero-order valence-corrected chi connectivity index (χ0v) is 20.4. The number of rotatable bonds is 3. The quantitative estimate of drug-likeness (QED) is 0.323. The maximum Gasteiger partial charge on any atom is 0.339 e. The van der Waals surface area contributed by atoms with E-state index in [4.69, 9.17) is 14.2 Å². The van der Waals surface area contributed by atoms with E-state index in [2.05, 4.69) is 10.2 Å². The average Bonchev–Trinajstić information content (AvgIpc) is 3.41. The second-order valence-corrected chi connectivity index (χ2v) is 10.8. The van der Waals surface area contributed by atoms with Crippen LogP contribution in [-0.2, 0) is 29.2 Å². The van der Waals surface area contributed by atoms with Crippen LogP contribution in [0.4, 0.5) is 5.69 Å². The molecule has 3 fully saturated rings. The molecule has 0 saturated carbocycles. The van der Waals surface area contributed by atoms with E-state index in [1.165, 1.54) is 6.26 Å². The highest BCUT2D eigenvalue weighted by Crippen LogP contribution is 2.54. The standard InChI is InChI=1S/C26H32N2O9/c1-12-14-9-28-7-6-26(16-4-2-3-5-17(16)27-25(26)34)19(28)8-13(14)15(11-35-12)23(33)37-24-22(32)21(31)20(30)18(10-29)36-24/h2-5,11-14,18-22,24,29-32H,6-10H2,1H3,(H,27,34)/t12-,13-,14+,18+,19-,20+,21-,22+,24-,26+/m0/s1. The zero-order chi connectivity index (χ0) is 26.1. The number of benzene rings is 1. The van der Waals surface area contributed by atoms with Crippen LogP contribution < -0.4 is 5.32 Å². The molecule has 1 amide bonds. The van der Waals surface area contributed by atoms with Gasteiger partial charge >= 0.3 is 5.97 Å². The molecule has 11 heteroatoms. The van der Waals surface area contributed by atoms with Crippen molar-refractivity contribution in [2.24, 2.45) is 11.8 Å². The Bertz CT molecular complexity index is 1130. The van der Waals surface area contributed by atoms with Crippen LogP contribution in [-0.4, -0.2) is 99.8 Å². The lowest BCUT2D eigenvalue weighted by molar-refractivity contribution is -0.291. The van der Waals surface area contributed by atoms with Gasteiger partial charge in [0, 0.05) is 30.1 Å². The van der Waals surface area contributed by atoms with E-state index >= 15 is 0 Å². The molecule has 1 aromatic rings. The maximum atomic E-state index is 13.4. The van der Waals surface area contributed by atoms with E-state index < -0.39 is 48.7 Å². The number of hydrogen-bond donors (Lipinski definition) is 5. The molecule has 0 aromatic heterocycles. The number of esters is 1. The number of carbonyl (C=O) groups excluding carboxylic acids is 2. The van der Waals surface area contributed by atoms with Gasteiger partial charge in [-0.05, 0) is 37.9 Å². The first-order valence-corrected chi connectivity index (χ1v) is 12.8. The predicted octanol–water partition coefficient (Wildman–Crippen LogP) is -0.767. The number of aliphatic hydroxyl groups is 4. The van der Waals surface area contributed by atoms with Crippen molar-refractivity contribution < 1.29 is 44.2 Å². The zero-order valence-electron chi connectivity index (χ0n) is 20.4. The van der Waals surface area contributed by atoms with Crippen LogP contribution in [0.1, 0.15) is 25.3 Å². The highest BCUT2D eigenvalue weighted by atomic mass is 16.7. The van der Waals surface area contributed by atoms with E-state index in [9.17, 15) is 30.0 Å². The van der Waals surface area contributed by atoms with Crippen LogP contribution in [0, 0.1) is 11.8 Å². The minimum absolute atomic E-state index is 0.0193. The van der Waals surface area contributed by atoms with Crippen molar-refractivity contribution in [1.29, 1.82) is 0 Å². The molecule has 200 valence electrons. The Morgan fingerprint density at radius 1 is 1.22 bits per heavy atom. The number of para-hydroxylation sites is 1. The smallest absolute Gasteiger partial charge is 0.339 e. The number of fused-ring (bicyclic) bond motifs is 5. The third kappa shape index (κ3) is 3.63. The summed E-state index contributed by atoms with van der Waals surface area (Å²) < 4.78 is 16.6. The molecular weight excluding hydrogens is 484 g/mol. The SMILES string of the molecule is C[C@@H]1OC=C(C(=O)O[C@@H]2O[C@H](CO)[C@@H](O)[C@H](O)[C@H]2O)[C@H]2C[C@@H]3N(CC[C@]34C(=O)Nc3ccccc34)C[C@H]12. The topological polar surface area (TPSA) is 158 Å². The summed E-state index contributed by atoms with van der Waals surface area (Å²) in [4.78, 5) is 29.1. The van der Waals surface area contributed by atoms with Crippen LogP contribution in [0.2, 0.25) is 0 Å². The van der Waals surface area contributed by atoms with E-state index in [1.807, 2.05) is 31.2 Å². The first kappa shape index (κ1) is 24.8. The van der Waals surface area contributed by atoms with Gasteiger partial charge in [-0.15, -0.1) is 0 Å². The number of nitrogens with one attached hydrogen (secondary N) is 1. The number of amides is 1. The number of piperidine rings is 1.